The van der Waals surface area contributed by atoms with E-state index in [0.717, 1.165) is 37.0 Å². The highest BCUT2D eigenvalue weighted by Crippen LogP contribution is 2.34. The number of esters is 1. The number of carbonyl (C=O) groups is 3. The monoisotopic (exact) mass is 386 g/mol. The molecular formula is C17H23ClN2O4S. The Hall–Kier alpha value is -1.60. The predicted molar refractivity (Wildman–Crippen MR) is 98.7 cm³/mol. The van der Waals surface area contributed by atoms with Gasteiger partial charge in [0.1, 0.15) is 10.9 Å². The summed E-state index contributed by atoms with van der Waals surface area (Å²) in [5.41, 5.74) is 0.737. The first-order chi connectivity index (χ1) is 12.0. The molecule has 25 heavy (non-hydrogen) atoms. The molecule has 1 heterocycles. The van der Waals surface area contributed by atoms with Crippen LogP contribution in [-0.4, -0.2) is 36.3 Å². The van der Waals surface area contributed by atoms with Gasteiger partial charge in [-0.15, -0.1) is 22.9 Å². The number of anilines is 1. The maximum Gasteiger partial charge on any atom is 0.341 e. The molecule has 0 aromatic carbocycles. The lowest BCUT2D eigenvalue weighted by Gasteiger charge is -2.22. The Bertz CT molecular complexity index is 653. The van der Waals surface area contributed by atoms with Crippen molar-refractivity contribution in [2.45, 2.75) is 52.0 Å². The van der Waals surface area contributed by atoms with Crippen molar-refractivity contribution in [2.75, 3.05) is 17.8 Å². The fourth-order valence-corrected chi connectivity index (χ4v) is 4.11. The van der Waals surface area contributed by atoms with Gasteiger partial charge in [-0.2, -0.15) is 0 Å². The van der Waals surface area contributed by atoms with Gasteiger partial charge in [0.15, 0.2) is 0 Å². The standard InChI is InChI=1S/C17H23ClN2O4S/c1-3-24-17(23)13-10(2)14(25-16(13)20-12(21)9-18)15(22)19-11-7-5-4-6-8-11/h11H,3-9H2,1-2H3,(H,19,22)(H,20,21). The molecule has 1 aromatic rings. The van der Waals surface area contributed by atoms with Crippen LogP contribution in [0, 0.1) is 6.92 Å². The SMILES string of the molecule is CCOC(=O)c1c(NC(=O)CCl)sc(C(=O)NC2CCCCC2)c1C. The van der Waals surface area contributed by atoms with Gasteiger partial charge in [-0.3, -0.25) is 9.59 Å². The molecule has 0 radical (unpaired) electrons. The van der Waals surface area contributed by atoms with E-state index in [1.807, 2.05) is 0 Å². The van der Waals surface area contributed by atoms with Crippen LogP contribution in [0.25, 0.3) is 0 Å². The minimum atomic E-state index is -0.558. The minimum absolute atomic E-state index is 0.162. The lowest BCUT2D eigenvalue weighted by atomic mass is 9.95. The third-order valence-corrected chi connectivity index (χ3v) is 5.60. The average molecular weight is 387 g/mol. The van der Waals surface area contributed by atoms with Crippen molar-refractivity contribution >= 4 is 45.7 Å². The van der Waals surface area contributed by atoms with Crippen molar-refractivity contribution in [1.82, 2.24) is 5.32 Å². The van der Waals surface area contributed by atoms with E-state index in [2.05, 4.69) is 10.6 Å². The van der Waals surface area contributed by atoms with Gasteiger partial charge in [-0.1, -0.05) is 19.3 Å². The highest BCUT2D eigenvalue weighted by Gasteiger charge is 2.27. The van der Waals surface area contributed by atoms with Crippen LogP contribution < -0.4 is 10.6 Å². The Kier molecular flexibility index (Phi) is 7.25. The molecule has 0 unspecified atom stereocenters. The molecule has 6 nitrogen and oxygen atoms in total. The lowest BCUT2D eigenvalue weighted by Crippen LogP contribution is -2.36. The Balaban J connectivity index is 2.27. The van der Waals surface area contributed by atoms with Gasteiger partial charge < -0.3 is 15.4 Å². The van der Waals surface area contributed by atoms with Crippen LogP contribution in [0.2, 0.25) is 0 Å². The molecule has 2 amide bonds. The van der Waals surface area contributed by atoms with Gasteiger partial charge in [-0.05, 0) is 32.3 Å². The fraction of sp³-hybridized carbons (Fsp3) is 0.588. The van der Waals surface area contributed by atoms with E-state index in [4.69, 9.17) is 16.3 Å². The number of rotatable bonds is 6. The van der Waals surface area contributed by atoms with Crippen LogP contribution in [-0.2, 0) is 9.53 Å². The van der Waals surface area contributed by atoms with E-state index < -0.39 is 11.9 Å². The number of amides is 2. The number of halogens is 1. The Labute approximate surface area is 156 Å². The molecule has 138 valence electrons. The maximum absolute atomic E-state index is 12.6. The molecule has 0 atom stereocenters. The summed E-state index contributed by atoms with van der Waals surface area (Å²) in [6.07, 6.45) is 5.36. The maximum atomic E-state index is 12.6. The predicted octanol–water partition coefficient (Wildman–Crippen LogP) is 3.47. The molecule has 0 saturated heterocycles. The highest BCUT2D eigenvalue weighted by molar-refractivity contribution is 7.18. The Morgan fingerprint density at radius 2 is 1.92 bits per heavy atom. The number of nitrogens with one attached hydrogen (secondary N) is 2. The van der Waals surface area contributed by atoms with Crippen molar-refractivity contribution in [3.63, 3.8) is 0 Å². The van der Waals surface area contributed by atoms with Crippen LogP contribution in [0.15, 0.2) is 0 Å². The second-order valence-electron chi connectivity index (χ2n) is 5.97. The number of hydrogen-bond donors (Lipinski definition) is 2. The van der Waals surface area contributed by atoms with Gasteiger partial charge in [-0.25, -0.2) is 4.79 Å². The first-order valence-electron chi connectivity index (χ1n) is 8.45. The van der Waals surface area contributed by atoms with Gasteiger partial charge in [0.2, 0.25) is 5.91 Å². The molecule has 1 fully saturated rings. The van der Waals surface area contributed by atoms with E-state index in [9.17, 15) is 14.4 Å². The molecule has 2 rings (SSSR count). The van der Waals surface area contributed by atoms with E-state index in [0.29, 0.717) is 15.4 Å². The van der Waals surface area contributed by atoms with Crippen molar-refractivity contribution in [2.24, 2.45) is 0 Å². The summed E-state index contributed by atoms with van der Waals surface area (Å²) in [5.74, 6) is -1.44. The molecule has 2 N–H and O–H groups in total. The summed E-state index contributed by atoms with van der Waals surface area (Å²) in [6, 6.07) is 0.162. The lowest BCUT2D eigenvalue weighted by molar-refractivity contribution is -0.113. The van der Waals surface area contributed by atoms with Crippen LogP contribution in [0.5, 0.6) is 0 Å². The summed E-state index contributed by atoms with van der Waals surface area (Å²) >= 11 is 6.61. The van der Waals surface area contributed by atoms with E-state index in [1.165, 1.54) is 6.42 Å². The van der Waals surface area contributed by atoms with E-state index in [1.54, 1.807) is 13.8 Å². The highest BCUT2D eigenvalue weighted by atomic mass is 35.5. The van der Waals surface area contributed by atoms with Crippen LogP contribution in [0.1, 0.15) is 64.6 Å². The fourth-order valence-electron chi connectivity index (χ4n) is 2.93. The van der Waals surface area contributed by atoms with E-state index in [-0.39, 0.29) is 30.0 Å². The van der Waals surface area contributed by atoms with Gasteiger partial charge in [0.25, 0.3) is 5.91 Å². The summed E-state index contributed by atoms with van der Waals surface area (Å²) in [5, 5.41) is 5.92. The number of ether oxygens (including phenoxy) is 1. The summed E-state index contributed by atoms with van der Waals surface area (Å²) in [7, 11) is 0. The van der Waals surface area contributed by atoms with Gasteiger partial charge >= 0.3 is 5.97 Å². The summed E-state index contributed by atoms with van der Waals surface area (Å²) < 4.78 is 5.06. The summed E-state index contributed by atoms with van der Waals surface area (Å²) in [6.45, 7) is 3.60. The third kappa shape index (κ3) is 4.95. The summed E-state index contributed by atoms with van der Waals surface area (Å²) in [4.78, 5) is 36.9. The van der Waals surface area contributed by atoms with Gasteiger partial charge in [0.05, 0.1) is 17.0 Å². The molecule has 1 aromatic heterocycles. The molecule has 1 saturated carbocycles. The van der Waals surface area contributed by atoms with E-state index >= 15 is 0 Å². The molecule has 0 bridgehead atoms. The molecule has 1 aliphatic carbocycles. The van der Waals surface area contributed by atoms with Gasteiger partial charge in [0, 0.05) is 6.04 Å². The normalized spacial score (nSPS) is 14.8. The van der Waals surface area contributed by atoms with Crippen LogP contribution in [0.3, 0.4) is 0 Å². The molecule has 0 spiro atoms. The molecular weight excluding hydrogens is 364 g/mol. The molecule has 1 aliphatic rings. The third-order valence-electron chi connectivity index (χ3n) is 4.15. The first kappa shape index (κ1) is 19.7. The molecule has 8 heteroatoms. The second-order valence-corrected chi connectivity index (χ2v) is 7.26. The Morgan fingerprint density at radius 1 is 1.24 bits per heavy atom. The smallest absolute Gasteiger partial charge is 0.341 e. The Morgan fingerprint density at radius 3 is 2.52 bits per heavy atom. The van der Waals surface area contributed by atoms with Crippen molar-refractivity contribution in [3.8, 4) is 0 Å². The number of hydrogen-bond acceptors (Lipinski definition) is 5. The zero-order chi connectivity index (χ0) is 18.4. The average Bonchev–Trinajstić information content (AvgIpc) is 2.92. The van der Waals surface area contributed by atoms with Crippen LogP contribution in [0.4, 0.5) is 5.00 Å². The number of carbonyl (C=O) groups excluding carboxylic acids is 3. The van der Waals surface area contributed by atoms with Crippen molar-refractivity contribution in [3.05, 3.63) is 16.0 Å². The zero-order valence-electron chi connectivity index (χ0n) is 14.4. The number of thiophene rings is 1. The largest absolute Gasteiger partial charge is 0.462 e. The topological polar surface area (TPSA) is 84.5 Å². The quantitative estimate of drug-likeness (QED) is 0.579. The first-order valence-corrected chi connectivity index (χ1v) is 9.80. The van der Waals surface area contributed by atoms with Crippen molar-refractivity contribution < 1.29 is 19.1 Å². The zero-order valence-corrected chi connectivity index (χ0v) is 16.0. The molecule has 0 aliphatic heterocycles. The van der Waals surface area contributed by atoms with Crippen LogP contribution >= 0.6 is 22.9 Å². The van der Waals surface area contributed by atoms with Crippen molar-refractivity contribution in [1.29, 1.82) is 0 Å². The second kappa shape index (κ2) is 9.20. The minimum Gasteiger partial charge on any atom is -0.462 e. The number of alkyl halides is 1.